The Kier molecular flexibility index (Phi) is 4.67. The summed E-state index contributed by atoms with van der Waals surface area (Å²) < 4.78 is 0. The lowest BCUT2D eigenvalue weighted by Crippen LogP contribution is -2.46. The first-order chi connectivity index (χ1) is 8.28. The van der Waals surface area contributed by atoms with E-state index in [0.717, 1.165) is 45.0 Å². The lowest BCUT2D eigenvalue weighted by atomic mass is 10.3. The van der Waals surface area contributed by atoms with E-state index in [9.17, 15) is 0 Å². The first kappa shape index (κ1) is 12.7. The maximum atomic E-state index is 8.86. The molecule has 1 aliphatic rings. The van der Waals surface area contributed by atoms with Gasteiger partial charge in [0.25, 0.3) is 0 Å². The molecule has 0 saturated carbocycles. The summed E-state index contributed by atoms with van der Waals surface area (Å²) in [6, 6.07) is 3.68. The number of nitrogens with zero attached hydrogens (tertiary/aromatic N) is 4. The van der Waals surface area contributed by atoms with E-state index < -0.39 is 0 Å². The summed E-state index contributed by atoms with van der Waals surface area (Å²) in [5.74, 6) is 0. The average Bonchev–Trinajstić information content (AvgIpc) is 2.35. The molecule has 1 aliphatic heterocycles. The van der Waals surface area contributed by atoms with Gasteiger partial charge in [0.2, 0.25) is 0 Å². The standard InChI is InChI=1S/C11H17ClN4O/c12-11-2-1-10(13-14-11)9-16-5-3-15(4-6-16)7-8-17/h1-2,17H,3-9H2. The highest BCUT2D eigenvalue weighted by Crippen LogP contribution is 2.07. The smallest absolute Gasteiger partial charge is 0.151 e. The Morgan fingerprint density at radius 3 is 2.41 bits per heavy atom. The summed E-state index contributed by atoms with van der Waals surface area (Å²) in [5, 5.41) is 17.2. The van der Waals surface area contributed by atoms with Crippen LogP contribution in [0.1, 0.15) is 5.69 Å². The molecular formula is C11H17ClN4O. The van der Waals surface area contributed by atoms with Gasteiger partial charge in [-0.15, -0.1) is 5.10 Å². The molecule has 1 saturated heterocycles. The van der Waals surface area contributed by atoms with E-state index in [2.05, 4.69) is 20.0 Å². The van der Waals surface area contributed by atoms with Crippen LogP contribution in [-0.2, 0) is 6.54 Å². The molecule has 1 aromatic heterocycles. The van der Waals surface area contributed by atoms with Crippen molar-refractivity contribution in [2.24, 2.45) is 0 Å². The Hall–Kier alpha value is -0.750. The minimum Gasteiger partial charge on any atom is -0.395 e. The van der Waals surface area contributed by atoms with Crippen molar-refractivity contribution in [3.8, 4) is 0 Å². The van der Waals surface area contributed by atoms with Crippen LogP contribution in [0.2, 0.25) is 5.15 Å². The van der Waals surface area contributed by atoms with Crippen LogP contribution in [0.25, 0.3) is 0 Å². The highest BCUT2D eigenvalue weighted by atomic mass is 35.5. The lowest BCUT2D eigenvalue weighted by molar-refractivity contribution is 0.107. The van der Waals surface area contributed by atoms with Crippen molar-refractivity contribution in [1.82, 2.24) is 20.0 Å². The minimum absolute atomic E-state index is 0.239. The van der Waals surface area contributed by atoms with Gasteiger partial charge < -0.3 is 5.11 Å². The minimum atomic E-state index is 0.239. The van der Waals surface area contributed by atoms with Crippen LogP contribution in [-0.4, -0.2) is 64.4 Å². The molecule has 0 unspecified atom stereocenters. The largest absolute Gasteiger partial charge is 0.395 e. The first-order valence-electron chi connectivity index (χ1n) is 5.81. The molecule has 6 heteroatoms. The van der Waals surface area contributed by atoms with Gasteiger partial charge in [-0.1, -0.05) is 11.6 Å². The monoisotopic (exact) mass is 256 g/mol. The van der Waals surface area contributed by atoms with Gasteiger partial charge in [0.1, 0.15) is 0 Å². The maximum Gasteiger partial charge on any atom is 0.151 e. The van der Waals surface area contributed by atoms with Gasteiger partial charge in [0.05, 0.1) is 12.3 Å². The van der Waals surface area contributed by atoms with Crippen molar-refractivity contribution in [2.45, 2.75) is 6.54 Å². The number of β-amino-alcohol motifs (C(OH)–C–C–N with tert-alkyl or cyclic N) is 1. The summed E-state index contributed by atoms with van der Waals surface area (Å²) in [6.45, 7) is 5.84. The first-order valence-corrected chi connectivity index (χ1v) is 6.19. The third-order valence-corrected chi connectivity index (χ3v) is 3.16. The van der Waals surface area contributed by atoms with E-state index in [1.807, 2.05) is 6.07 Å². The van der Waals surface area contributed by atoms with Crippen molar-refractivity contribution in [1.29, 1.82) is 0 Å². The number of rotatable bonds is 4. The SMILES string of the molecule is OCCN1CCN(Cc2ccc(Cl)nn2)CC1. The molecule has 94 valence electrons. The molecule has 2 heterocycles. The fourth-order valence-corrected chi connectivity index (χ4v) is 2.07. The van der Waals surface area contributed by atoms with E-state index in [1.165, 1.54) is 0 Å². The number of hydrogen-bond acceptors (Lipinski definition) is 5. The zero-order chi connectivity index (χ0) is 12.1. The van der Waals surface area contributed by atoms with Gasteiger partial charge in [-0.3, -0.25) is 9.80 Å². The van der Waals surface area contributed by atoms with Crippen LogP contribution in [0.15, 0.2) is 12.1 Å². The van der Waals surface area contributed by atoms with E-state index in [4.69, 9.17) is 16.7 Å². The number of piperazine rings is 1. The number of aliphatic hydroxyl groups excluding tert-OH is 1. The Balaban J connectivity index is 1.79. The van der Waals surface area contributed by atoms with E-state index >= 15 is 0 Å². The second-order valence-electron chi connectivity index (χ2n) is 4.19. The molecule has 1 N–H and O–H groups in total. The summed E-state index contributed by atoms with van der Waals surface area (Å²) in [4.78, 5) is 4.61. The molecule has 0 atom stereocenters. The van der Waals surface area contributed by atoms with Crippen molar-refractivity contribution in [2.75, 3.05) is 39.3 Å². The fourth-order valence-electron chi connectivity index (χ4n) is 1.97. The molecule has 0 amide bonds. The molecule has 2 rings (SSSR count). The molecule has 0 aliphatic carbocycles. The van der Waals surface area contributed by atoms with Gasteiger partial charge in [-0.05, 0) is 12.1 Å². The predicted octanol–water partition coefficient (Wildman–Crippen LogP) is 0.240. The van der Waals surface area contributed by atoms with Gasteiger partial charge in [-0.2, -0.15) is 5.10 Å². The predicted molar refractivity (Wildman–Crippen MR) is 65.8 cm³/mol. The van der Waals surface area contributed by atoms with Crippen LogP contribution in [0, 0.1) is 0 Å². The van der Waals surface area contributed by atoms with E-state index in [-0.39, 0.29) is 6.61 Å². The summed E-state index contributed by atoms with van der Waals surface area (Å²) >= 11 is 5.69. The highest BCUT2D eigenvalue weighted by Gasteiger charge is 2.16. The number of aromatic nitrogens is 2. The van der Waals surface area contributed by atoms with Gasteiger partial charge in [-0.25, -0.2) is 0 Å². The van der Waals surface area contributed by atoms with Crippen LogP contribution in [0.5, 0.6) is 0 Å². The van der Waals surface area contributed by atoms with E-state index in [1.54, 1.807) is 6.07 Å². The number of halogens is 1. The quantitative estimate of drug-likeness (QED) is 0.837. The summed E-state index contributed by atoms with van der Waals surface area (Å²) in [7, 11) is 0. The van der Waals surface area contributed by atoms with Gasteiger partial charge in [0.15, 0.2) is 5.15 Å². The average molecular weight is 257 g/mol. The van der Waals surface area contributed by atoms with Crippen LogP contribution in [0.3, 0.4) is 0 Å². The third kappa shape index (κ3) is 3.89. The molecule has 17 heavy (non-hydrogen) atoms. The van der Waals surface area contributed by atoms with Gasteiger partial charge >= 0.3 is 0 Å². The molecular weight excluding hydrogens is 240 g/mol. The molecule has 0 bridgehead atoms. The normalized spacial score (nSPS) is 18.5. The van der Waals surface area contributed by atoms with Crippen molar-refractivity contribution in [3.05, 3.63) is 23.0 Å². The molecule has 5 nitrogen and oxygen atoms in total. The molecule has 0 spiro atoms. The van der Waals surface area contributed by atoms with Crippen molar-refractivity contribution < 1.29 is 5.11 Å². The maximum absolute atomic E-state index is 8.86. The molecule has 0 aromatic carbocycles. The lowest BCUT2D eigenvalue weighted by Gasteiger charge is -2.33. The Labute approximate surface area is 106 Å². The Morgan fingerprint density at radius 1 is 1.12 bits per heavy atom. The topological polar surface area (TPSA) is 52.5 Å². The number of hydrogen-bond donors (Lipinski definition) is 1. The van der Waals surface area contributed by atoms with Crippen molar-refractivity contribution >= 4 is 11.6 Å². The van der Waals surface area contributed by atoms with Crippen LogP contribution in [0.4, 0.5) is 0 Å². The molecule has 1 fully saturated rings. The summed E-state index contributed by atoms with van der Waals surface area (Å²) in [6.07, 6.45) is 0. The zero-order valence-corrected chi connectivity index (χ0v) is 10.5. The molecule has 1 aromatic rings. The van der Waals surface area contributed by atoms with E-state index in [0.29, 0.717) is 5.15 Å². The Morgan fingerprint density at radius 2 is 1.82 bits per heavy atom. The second kappa shape index (κ2) is 6.26. The molecule has 0 radical (unpaired) electrons. The summed E-state index contributed by atoms with van der Waals surface area (Å²) in [5.41, 5.74) is 0.949. The second-order valence-corrected chi connectivity index (χ2v) is 4.58. The van der Waals surface area contributed by atoms with Crippen molar-refractivity contribution in [3.63, 3.8) is 0 Å². The third-order valence-electron chi connectivity index (χ3n) is 2.95. The zero-order valence-electron chi connectivity index (χ0n) is 9.72. The fraction of sp³-hybridized carbons (Fsp3) is 0.636. The van der Waals surface area contributed by atoms with Crippen LogP contribution >= 0.6 is 11.6 Å². The van der Waals surface area contributed by atoms with Crippen LogP contribution < -0.4 is 0 Å². The number of aliphatic hydroxyl groups is 1. The van der Waals surface area contributed by atoms with Gasteiger partial charge in [0, 0.05) is 39.3 Å². The highest BCUT2D eigenvalue weighted by molar-refractivity contribution is 6.29. The Bertz CT molecular complexity index is 338.